The van der Waals surface area contributed by atoms with Crippen LogP contribution in [0.25, 0.3) is 0 Å². The molecule has 112 valence electrons. The first-order valence-corrected chi connectivity index (χ1v) is 7.15. The number of hydrogen-bond acceptors (Lipinski definition) is 2. The number of hydrogen-bond donors (Lipinski definition) is 1. The Bertz CT molecular complexity index is 412. The van der Waals surface area contributed by atoms with Crippen molar-refractivity contribution in [3.8, 4) is 5.75 Å². The highest BCUT2D eigenvalue weighted by molar-refractivity contribution is 5.48. The van der Waals surface area contributed by atoms with E-state index in [1.54, 1.807) is 12.1 Å². The van der Waals surface area contributed by atoms with Gasteiger partial charge in [-0.2, -0.15) is 0 Å². The molecule has 0 aromatic heterocycles. The van der Waals surface area contributed by atoms with Gasteiger partial charge in [0.15, 0.2) is 0 Å². The second-order valence-electron chi connectivity index (χ2n) is 5.26. The van der Waals surface area contributed by atoms with Crippen molar-refractivity contribution >= 4 is 5.69 Å². The van der Waals surface area contributed by atoms with Gasteiger partial charge in [0.1, 0.15) is 5.75 Å². The molecular formula is C15H20F3NO. The minimum Gasteiger partial charge on any atom is -0.406 e. The summed E-state index contributed by atoms with van der Waals surface area (Å²) in [6, 6.07) is 6.42. The van der Waals surface area contributed by atoms with E-state index in [1.807, 2.05) is 0 Å². The standard InChI is InChI=1S/C15H20F3NO/c16-15(17,18)20-14-10-6-9-13(11-14)19-12-7-4-2-1-3-5-8-12/h6,9-12,19H,1-5,7-8H2. The molecule has 0 saturated heterocycles. The fraction of sp³-hybridized carbons (Fsp3) is 0.600. The maximum Gasteiger partial charge on any atom is 0.573 e. The van der Waals surface area contributed by atoms with Crippen molar-refractivity contribution < 1.29 is 17.9 Å². The predicted octanol–water partition coefficient (Wildman–Crippen LogP) is 5.11. The summed E-state index contributed by atoms with van der Waals surface area (Å²) in [5.41, 5.74) is 0.692. The second-order valence-corrected chi connectivity index (χ2v) is 5.26. The summed E-state index contributed by atoms with van der Waals surface area (Å²) in [4.78, 5) is 0. The normalized spacial score (nSPS) is 18.1. The predicted molar refractivity (Wildman–Crippen MR) is 72.9 cm³/mol. The fourth-order valence-corrected chi connectivity index (χ4v) is 2.62. The first kappa shape index (κ1) is 15.0. The number of benzene rings is 1. The summed E-state index contributed by atoms with van der Waals surface area (Å²) in [5.74, 6) is -0.173. The van der Waals surface area contributed by atoms with Gasteiger partial charge < -0.3 is 10.1 Å². The van der Waals surface area contributed by atoms with Crippen LogP contribution in [-0.4, -0.2) is 12.4 Å². The van der Waals surface area contributed by atoms with E-state index in [-0.39, 0.29) is 5.75 Å². The van der Waals surface area contributed by atoms with Gasteiger partial charge in [0.2, 0.25) is 0 Å². The highest BCUT2D eigenvalue weighted by Gasteiger charge is 2.31. The van der Waals surface area contributed by atoms with Crippen molar-refractivity contribution in [2.24, 2.45) is 0 Å². The third-order valence-corrected chi connectivity index (χ3v) is 3.54. The summed E-state index contributed by atoms with van der Waals surface area (Å²) in [7, 11) is 0. The van der Waals surface area contributed by atoms with Gasteiger partial charge in [-0.1, -0.05) is 38.2 Å². The number of nitrogens with one attached hydrogen (secondary N) is 1. The lowest BCUT2D eigenvalue weighted by Gasteiger charge is -2.22. The van der Waals surface area contributed by atoms with Gasteiger partial charge in [-0.3, -0.25) is 0 Å². The van der Waals surface area contributed by atoms with Crippen LogP contribution in [0.4, 0.5) is 18.9 Å². The third kappa shape index (κ3) is 5.31. The molecule has 0 radical (unpaired) electrons. The van der Waals surface area contributed by atoms with Crippen molar-refractivity contribution in [2.75, 3.05) is 5.32 Å². The molecule has 0 spiro atoms. The van der Waals surface area contributed by atoms with Crippen molar-refractivity contribution in [1.29, 1.82) is 0 Å². The van der Waals surface area contributed by atoms with E-state index in [4.69, 9.17) is 0 Å². The monoisotopic (exact) mass is 287 g/mol. The zero-order valence-corrected chi connectivity index (χ0v) is 11.4. The van der Waals surface area contributed by atoms with Crippen molar-refractivity contribution in [1.82, 2.24) is 0 Å². The molecule has 1 saturated carbocycles. The Balaban J connectivity index is 1.96. The fourth-order valence-electron chi connectivity index (χ4n) is 2.62. The molecular weight excluding hydrogens is 267 g/mol. The quantitative estimate of drug-likeness (QED) is 0.834. The summed E-state index contributed by atoms with van der Waals surface area (Å²) < 4.78 is 40.5. The molecule has 5 heteroatoms. The molecule has 1 N–H and O–H groups in total. The van der Waals surface area contributed by atoms with Gasteiger partial charge in [0, 0.05) is 17.8 Å². The molecule has 2 rings (SSSR count). The van der Waals surface area contributed by atoms with Crippen molar-refractivity contribution in [3.63, 3.8) is 0 Å². The molecule has 1 aromatic rings. The van der Waals surface area contributed by atoms with Crippen molar-refractivity contribution in [2.45, 2.75) is 57.3 Å². The van der Waals surface area contributed by atoms with E-state index < -0.39 is 6.36 Å². The number of halogens is 3. The molecule has 0 aliphatic heterocycles. The van der Waals surface area contributed by atoms with Crippen LogP contribution in [0.5, 0.6) is 5.75 Å². The van der Waals surface area contributed by atoms with Crippen LogP contribution in [0.3, 0.4) is 0 Å². The number of ether oxygens (including phenoxy) is 1. The second kappa shape index (κ2) is 6.86. The van der Waals surface area contributed by atoms with E-state index in [9.17, 15) is 13.2 Å². The molecule has 0 atom stereocenters. The molecule has 1 aliphatic carbocycles. The first-order valence-electron chi connectivity index (χ1n) is 7.15. The molecule has 2 nitrogen and oxygen atoms in total. The lowest BCUT2D eigenvalue weighted by Crippen LogP contribution is -2.21. The molecule has 20 heavy (non-hydrogen) atoms. The Kier molecular flexibility index (Phi) is 5.15. The van der Waals surface area contributed by atoms with E-state index in [0.717, 1.165) is 12.8 Å². The number of rotatable bonds is 3. The molecule has 1 aliphatic rings. The van der Waals surface area contributed by atoms with Crippen LogP contribution in [0.15, 0.2) is 24.3 Å². The summed E-state index contributed by atoms with van der Waals surface area (Å²) in [6.45, 7) is 0. The zero-order valence-electron chi connectivity index (χ0n) is 11.4. The van der Waals surface area contributed by atoms with Gasteiger partial charge in [-0.15, -0.1) is 13.2 Å². The van der Waals surface area contributed by atoms with Crippen LogP contribution in [0, 0.1) is 0 Å². The average molecular weight is 287 g/mol. The van der Waals surface area contributed by atoms with E-state index in [0.29, 0.717) is 11.7 Å². The van der Waals surface area contributed by atoms with E-state index in [1.165, 1.54) is 44.2 Å². The molecule has 1 fully saturated rings. The van der Waals surface area contributed by atoms with Gasteiger partial charge in [-0.05, 0) is 25.0 Å². The molecule has 0 unspecified atom stereocenters. The van der Waals surface area contributed by atoms with Crippen molar-refractivity contribution in [3.05, 3.63) is 24.3 Å². The van der Waals surface area contributed by atoms with E-state index >= 15 is 0 Å². The lowest BCUT2D eigenvalue weighted by molar-refractivity contribution is -0.274. The van der Waals surface area contributed by atoms with Crippen LogP contribution in [-0.2, 0) is 0 Å². The van der Waals surface area contributed by atoms with Crippen LogP contribution >= 0.6 is 0 Å². The number of anilines is 1. The van der Waals surface area contributed by atoms with Gasteiger partial charge in [-0.25, -0.2) is 0 Å². The van der Waals surface area contributed by atoms with Crippen LogP contribution < -0.4 is 10.1 Å². The Labute approximate surface area is 117 Å². The Morgan fingerprint density at radius 1 is 1.00 bits per heavy atom. The summed E-state index contributed by atoms with van der Waals surface area (Å²) in [5, 5.41) is 3.33. The van der Waals surface area contributed by atoms with E-state index in [2.05, 4.69) is 10.1 Å². The van der Waals surface area contributed by atoms with Gasteiger partial charge >= 0.3 is 6.36 Å². The Hall–Kier alpha value is -1.39. The lowest BCUT2D eigenvalue weighted by atomic mass is 9.96. The SMILES string of the molecule is FC(F)(F)Oc1cccc(NC2CCCCCCC2)c1. The molecule has 1 aromatic carbocycles. The maximum absolute atomic E-state index is 12.2. The molecule has 0 amide bonds. The Morgan fingerprint density at radius 3 is 2.30 bits per heavy atom. The van der Waals surface area contributed by atoms with Gasteiger partial charge in [0.05, 0.1) is 0 Å². The summed E-state index contributed by atoms with van der Waals surface area (Å²) in [6.07, 6.45) is 3.65. The Morgan fingerprint density at radius 2 is 1.65 bits per heavy atom. The van der Waals surface area contributed by atoms with Crippen LogP contribution in [0.2, 0.25) is 0 Å². The first-order chi connectivity index (χ1) is 9.53. The largest absolute Gasteiger partial charge is 0.573 e. The smallest absolute Gasteiger partial charge is 0.406 e. The summed E-state index contributed by atoms with van der Waals surface area (Å²) >= 11 is 0. The highest BCUT2D eigenvalue weighted by atomic mass is 19.4. The topological polar surface area (TPSA) is 21.3 Å². The van der Waals surface area contributed by atoms with Crippen LogP contribution in [0.1, 0.15) is 44.9 Å². The number of alkyl halides is 3. The minimum absolute atomic E-state index is 0.173. The average Bonchev–Trinajstić information content (AvgIpc) is 2.31. The third-order valence-electron chi connectivity index (χ3n) is 3.54. The molecule has 0 heterocycles. The minimum atomic E-state index is -4.64. The molecule has 0 bridgehead atoms. The highest BCUT2D eigenvalue weighted by Crippen LogP contribution is 2.27. The van der Waals surface area contributed by atoms with Gasteiger partial charge in [0.25, 0.3) is 0 Å². The zero-order chi connectivity index (χ0) is 14.4. The maximum atomic E-state index is 12.2.